The molecular weight excluding hydrogens is 262 g/mol. The molecule has 0 aliphatic carbocycles. The van der Waals surface area contributed by atoms with E-state index in [2.05, 4.69) is 40.3 Å². The van der Waals surface area contributed by atoms with Gasteiger partial charge in [0, 0.05) is 17.9 Å². The summed E-state index contributed by atoms with van der Waals surface area (Å²) in [6.45, 7) is 2.93. The van der Waals surface area contributed by atoms with Crippen molar-refractivity contribution in [1.29, 1.82) is 0 Å². The predicted octanol–water partition coefficient (Wildman–Crippen LogP) is 1.39. The Bertz CT molecular complexity index is 603. The molecule has 2 unspecified atom stereocenters. The molecule has 0 amide bonds. The van der Waals surface area contributed by atoms with Crippen LogP contribution in [0.4, 0.5) is 11.4 Å². The summed E-state index contributed by atoms with van der Waals surface area (Å²) >= 11 is 0. The Morgan fingerprint density at radius 1 is 1.29 bits per heavy atom. The maximum absolute atomic E-state index is 5.86. The number of benzene rings is 1. The summed E-state index contributed by atoms with van der Waals surface area (Å²) in [4.78, 5) is 0. The van der Waals surface area contributed by atoms with Crippen LogP contribution in [0.5, 0.6) is 0 Å². The summed E-state index contributed by atoms with van der Waals surface area (Å²) in [5.74, 6) is 0. The number of anilines is 2. The van der Waals surface area contributed by atoms with Gasteiger partial charge in [-0.3, -0.25) is 5.32 Å². The summed E-state index contributed by atoms with van der Waals surface area (Å²) in [5.41, 5.74) is 10.1. The highest BCUT2D eigenvalue weighted by molar-refractivity contribution is 5.59. The van der Waals surface area contributed by atoms with Crippen molar-refractivity contribution in [3.05, 3.63) is 60.0 Å². The quantitative estimate of drug-likeness (QED) is 0.542. The van der Waals surface area contributed by atoms with E-state index in [0.717, 1.165) is 17.9 Å². The lowest BCUT2D eigenvalue weighted by Gasteiger charge is -2.32. The van der Waals surface area contributed by atoms with Gasteiger partial charge in [-0.15, -0.1) is 0 Å². The number of nitrogen functional groups attached to an aromatic ring is 1. The molecule has 0 saturated heterocycles. The van der Waals surface area contributed by atoms with Crippen molar-refractivity contribution in [3.8, 4) is 0 Å². The summed E-state index contributed by atoms with van der Waals surface area (Å²) in [7, 11) is 0. The number of nitrogens with one attached hydrogen (secondary N) is 4. The van der Waals surface area contributed by atoms with Crippen LogP contribution in [0.15, 0.2) is 54.4 Å². The molecular formula is C16H21N5. The molecule has 110 valence electrons. The van der Waals surface area contributed by atoms with Crippen LogP contribution < -0.4 is 27.0 Å². The van der Waals surface area contributed by atoms with Crippen molar-refractivity contribution in [3.63, 3.8) is 0 Å². The van der Waals surface area contributed by atoms with Gasteiger partial charge in [-0.1, -0.05) is 12.1 Å². The van der Waals surface area contributed by atoms with E-state index in [0.29, 0.717) is 0 Å². The highest BCUT2D eigenvalue weighted by Crippen LogP contribution is 2.19. The van der Waals surface area contributed by atoms with Gasteiger partial charge in [-0.05, 0) is 54.7 Å². The number of dihydropyridines is 1. The lowest BCUT2D eigenvalue weighted by Crippen LogP contribution is -2.54. The zero-order valence-corrected chi connectivity index (χ0v) is 12.1. The molecule has 2 aliphatic rings. The van der Waals surface area contributed by atoms with Gasteiger partial charge < -0.3 is 21.7 Å². The van der Waals surface area contributed by atoms with E-state index in [-0.39, 0.29) is 12.3 Å². The summed E-state index contributed by atoms with van der Waals surface area (Å²) < 4.78 is 0. The average molecular weight is 283 g/mol. The van der Waals surface area contributed by atoms with Crippen LogP contribution in [0.1, 0.15) is 5.56 Å². The molecule has 3 rings (SSSR count). The summed E-state index contributed by atoms with van der Waals surface area (Å²) in [6.07, 6.45) is 10.2. The Kier molecular flexibility index (Phi) is 3.83. The van der Waals surface area contributed by atoms with Gasteiger partial charge in [0.05, 0.1) is 6.04 Å². The van der Waals surface area contributed by atoms with Crippen molar-refractivity contribution < 1.29 is 0 Å². The van der Waals surface area contributed by atoms with E-state index >= 15 is 0 Å². The molecule has 0 bridgehead atoms. The maximum Gasteiger partial charge on any atom is 0.153 e. The molecule has 0 aromatic heterocycles. The van der Waals surface area contributed by atoms with E-state index in [4.69, 9.17) is 5.73 Å². The SMILES string of the molecule is Cc1ccc(N)cc1NC1NC=CC(C2=CC=CNC2)N1. The molecule has 0 radical (unpaired) electrons. The van der Waals surface area contributed by atoms with Crippen LogP contribution in [0.3, 0.4) is 0 Å². The monoisotopic (exact) mass is 283 g/mol. The lowest BCUT2D eigenvalue weighted by molar-refractivity contribution is 0.471. The minimum Gasteiger partial charge on any atom is -0.399 e. The number of hydrogen-bond donors (Lipinski definition) is 5. The number of nitrogens with two attached hydrogens (primary N) is 1. The zero-order valence-electron chi connectivity index (χ0n) is 12.1. The Hall–Kier alpha value is -2.40. The van der Waals surface area contributed by atoms with Gasteiger partial charge in [0.1, 0.15) is 0 Å². The maximum atomic E-state index is 5.86. The van der Waals surface area contributed by atoms with Crippen LogP contribution in [0, 0.1) is 6.92 Å². The normalized spacial score (nSPS) is 24.0. The van der Waals surface area contributed by atoms with Crippen molar-refractivity contribution in [2.24, 2.45) is 0 Å². The third-order valence-electron chi connectivity index (χ3n) is 3.69. The molecule has 1 aromatic carbocycles. The smallest absolute Gasteiger partial charge is 0.153 e. The van der Waals surface area contributed by atoms with Gasteiger partial charge in [0.2, 0.25) is 0 Å². The number of aryl methyl sites for hydroxylation is 1. The summed E-state index contributed by atoms with van der Waals surface area (Å²) in [6, 6.07) is 6.10. The van der Waals surface area contributed by atoms with Crippen LogP contribution in [0.2, 0.25) is 0 Å². The third kappa shape index (κ3) is 3.20. The fourth-order valence-corrected chi connectivity index (χ4v) is 2.48. The van der Waals surface area contributed by atoms with Gasteiger partial charge in [-0.25, -0.2) is 0 Å². The molecule has 2 heterocycles. The van der Waals surface area contributed by atoms with Crippen LogP contribution in [-0.2, 0) is 0 Å². The van der Waals surface area contributed by atoms with E-state index in [1.807, 2.05) is 36.7 Å². The fourth-order valence-electron chi connectivity index (χ4n) is 2.48. The highest BCUT2D eigenvalue weighted by atomic mass is 15.3. The highest BCUT2D eigenvalue weighted by Gasteiger charge is 2.19. The predicted molar refractivity (Wildman–Crippen MR) is 87.4 cm³/mol. The van der Waals surface area contributed by atoms with Crippen molar-refractivity contribution >= 4 is 11.4 Å². The van der Waals surface area contributed by atoms with Gasteiger partial charge in [0.15, 0.2) is 6.29 Å². The molecule has 0 spiro atoms. The van der Waals surface area contributed by atoms with Crippen molar-refractivity contribution in [2.75, 3.05) is 17.6 Å². The largest absolute Gasteiger partial charge is 0.399 e. The average Bonchev–Trinajstić information content (AvgIpc) is 2.52. The molecule has 1 aromatic rings. The topological polar surface area (TPSA) is 74.1 Å². The molecule has 0 saturated carbocycles. The van der Waals surface area contributed by atoms with Crippen LogP contribution in [-0.4, -0.2) is 18.9 Å². The molecule has 5 heteroatoms. The van der Waals surface area contributed by atoms with Gasteiger partial charge in [-0.2, -0.15) is 0 Å². The minimum atomic E-state index is -0.0349. The Morgan fingerprint density at radius 3 is 3.00 bits per heavy atom. The van der Waals surface area contributed by atoms with E-state index in [9.17, 15) is 0 Å². The molecule has 21 heavy (non-hydrogen) atoms. The first kappa shape index (κ1) is 13.6. The van der Waals surface area contributed by atoms with Crippen LogP contribution in [0.25, 0.3) is 0 Å². The second-order valence-electron chi connectivity index (χ2n) is 5.30. The van der Waals surface area contributed by atoms with Crippen molar-refractivity contribution in [2.45, 2.75) is 19.3 Å². The van der Waals surface area contributed by atoms with E-state index in [1.54, 1.807) is 0 Å². The number of allylic oxidation sites excluding steroid dienone is 2. The standard InChI is InChI=1S/C16H21N5/c1-11-4-5-13(17)9-15(11)21-16-19-8-6-14(20-16)12-3-2-7-18-10-12/h2-9,14,16,18-21H,10,17H2,1H3. The second-order valence-corrected chi connectivity index (χ2v) is 5.30. The van der Waals surface area contributed by atoms with Gasteiger partial charge in [0.25, 0.3) is 0 Å². The Balaban J connectivity index is 1.70. The first-order valence-corrected chi connectivity index (χ1v) is 7.13. The van der Waals surface area contributed by atoms with Crippen LogP contribution >= 0.6 is 0 Å². The molecule has 2 atom stereocenters. The molecule has 2 aliphatic heterocycles. The third-order valence-corrected chi connectivity index (χ3v) is 3.69. The number of rotatable bonds is 3. The van der Waals surface area contributed by atoms with Gasteiger partial charge >= 0.3 is 0 Å². The molecule has 0 fully saturated rings. The van der Waals surface area contributed by atoms with E-state index in [1.165, 1.54) is 11.1 Å². The minimum absolute atomic E-state index is 0.0349. The Labute approximate surface area is 125 Å². The second kappa shape index (κ2) is 5.93. The molecule has 6 N–H and O–H groups in total. The van der Waals surface area contributed by atoms with E-state index < -0.39 is 0 Å². The first-order chi connectivity index (χ1) is 10.2. The fraction of sp³-hybridized carbons (Fsp3) is 0.250. The van der Waals surface area contributed by atoms with Crippen molar-refractivity contribution in [1.82, 2.24) is 16.0 Å². The first-order valence-electron chi connectivity index (χ1n) is 7.13. The zero-order chi connectivity index (χ0) is 14.7. The number of hydrogen-bond acceptors (Lipinski definition) is 5. The molecule has 5 nitrogen and oxygen atoms in total. The Morgan fingerprint density at radius 2 is 2.19 bits per heavy atom. The lowest BCUT2D eigenvalue weighted by atomic mass is 10.0. The summed E-state index contributed by atoms with van der Waals surface area (Å²) in [5, 5.41) is 13.5.